The van der Waals surface area contributed by atoms with Crippen molar-refractivity contribution >= 4 is 28.8 Å². The zero-order chi connectivity index (χ0) is 15.2. The number of rotatable bonds is 6. The Hall–Kier alpha value is -1.43. The normalized spacial score (nSPS) is 10.9. The van der Waals surface area contributed by atoms with E-state index in [1.165, 1.54) is 0 Å². The Morgan fingerprint density at radius 1 is 1.38 bits per heavy atom. The second-order valence-corrected chi connectivity index (χ2v) is 6.37. The van der Waals surface area contributed by atoms with Crippen LogP contribution < -0.4 is 5.32 Å². The van der Waals surface area contributed by atoms with Crippen molar-refractivity contribution in [3.05, 3.63) is 50.9 Å². The van der Waals surface area contributed by atoms with Crippen molar-refractivity contribution in [2.45, 2.75) is 19.5 Å². The van der Waals surface area contributed by atoms with Gasteiger partial charge in [0.1, 0.15) is 5.01 Å². The standard InChI is InChI=1S/C15H18ClN3OS/c1-19(2)9-15-18-12(10-21-15)7-14(20)17-8-11-5-3-4-6-13(11)16/h3-6,10H,7-9H2,1-2H3,(H,17,20). The minimum atomic E-state index is -0.0448. The van der Waals surface area contributed by atoms with Crippen LogP contribution in [0, 0.1) is 0 Å². The molecule has 0 atom stereocenters. The lowest BCUT2D eigenvalue weighted by Crippen LogP contribution is -2.24. The molecule has 2 aromatic rings. The highest BCUT2D eigenvalue weighted by Gasteiger charge is 2.09. The predicted octanol–water partition coefficient (Wildman–Crippen LogP) is 2.72. The number of nitrogens with one attached hydrogen (secondary N) is 1. The molecule has 0 fully saturated rings. The van der Waals surface area contributed by atoms with Crippen LogP contribution in [0.3, 0.4) is 0 Å². The van der Waals surface area contributed by atoms with E-state index in [2.05, 4.69) is 15.2 Å². The highest BCUT2D eigenvalue weighted by atomic mass is 35.5. The van der Waals surface area contributed by atoms with Gasteiger partial charge in [0, 0.05) is 23.5 Å². The van der Waals surface area contributed by atoms with Gasteiger partial charge in [-0.3, -0.25) is 4.79 Å². The number of amides is 1. The summed E-state index contributed by atoms with van der Waals surface area (Å²) in [5.74, 6) is -0.0448. The van der Waals surface area contributed by atoms with Crippen molar-refractivity contribution < 1.29 is 4.79 Å². The summed E-state index contributed by atoms with van der Waals surface area (Å²) in [4.78, 5) is 18.4. The van der Waals surface area contributed by atoms with Crippen LogP contribution in [-0.2, 0) is 24.3 Å². The molecule has 4 nitrogen and oxygen atoms in total. The molecule has 1 aromatic heterocycles. The first-order valence-corrected chi connectivity index (χ1v) is 7.88. The summed E-state index contributed by atoms with van der Waals surface area (Å²) in [6.45, 7) is 1.24. The van der Waals surface area contributed by atoms with Crippen molar-refractivity contribution in [2.24, 2.45) is 0 Å². The van der Waals surface area contributed by atoms with Gasteiger partial charge >= 0.3 is 0 Å². The van der Waals surface area contributed by atoms with E-state index in [1.54, 1.807) is 11.3 Å². The van der Waals surface area contributed by atoms with E-state index in [0.29, 0.717) is 18.0 Å². The van der Waals surface area contributed by atoms with Gasteiger partial charge in [-0.15, -0.1) is 11.3 Å². The fraction of sp³-hybridized carbons (Fsp3) is 0.333. The Balaban J connectivity index is 1.84. The quantitative estimate of drug-likeness (QED) is 0.889. The molecule has 0 radical (unpaired) electrons. The van der Waals surface area contributed by atoms with Crippen LogP contribution in [0.4, 0.5) is 0 Å². The summed E-state index contributed by atoms with van der Waals surface area (Å²) < 4.78 is 0. The maximum Gasteiger partial charge on any atom is 0.226 e. The van der Waals surface area contributed by atoms with Gasteiger partial charge < -0.3 is 10.2 Å². The molecule has 0 aliphatic carbocycles. The molecule has 1 N–H and O–H groups in total. The lowest BCUT2D eigenvalue weighted by molar-refractivity contribution is -0.120. The van der Waals surface area contributed by atoms with Crippen LogP contribution in [-0.4, -0.2) is 29.9 Å². The molecule has 2 rings (SSSR count). The Morgan fingerprint density at radius 3 is 2.86 bits per heavy atom. The number of carbonyl (C=O) groups is 1. The van der Waals surface area contributed by atoms with Crippen LogP contribution in [0.5, 0.6) is 0 Å². The number of halogens is 1. The van der Waals surface area contributed by atoms with Crippen molar-refractivity contribution in [1.29, 1.82) is 0 Å². The van der Waals surface area contributed by atoms with Crippen molar-refractivity contribution in [1.82, 2.24) is 15.2 Å². The van der Waals surface area contributed by atoms with Crippen molar-refractivity contribution in [2.75, 3.05) is 14.1 Å². The zero-order valence-corrected chi connectivity index (χ0v) is 13.7. The van der Waals surface area contributed by atoms with Gasteiger partial charge in [-0.2, -0.15) is 0 Å². The summed E-state index contributed by atoms with van der Waals surface area (Å²) >= 11 is 7.64. The molecular formula is C15H18ClN3OS. The Labute approximate surface area is 133 Å². The first-order chi connectivity index (χ1) is 10.0. The van der Waals surface area contributed by atoms with Crippen molar-refractivity contribution in [3.8, 4) is 0 Å². The number of hydrogen-bond donors (Lipinski definition) is 1. The van der Waals surface area contributed by atoms with E-state index in [-0.39, 0.29) is 5.91 Å². The first kappa shape index (κ1) is 15.9. The number of aromatic nitrogens is 1. The topological polar surface area (TPSA) is 45.2 Å². The highest BCUT2D eigenvalue weighted by molar-refractivity contribution is 7.09. The second kappa shape index (κ2) is 7.54. The molecule has 0 aliphatic rings. The van der Waals surface area contributed by atoms with Crippen LogP contribution in [0.1, 0.15) is 16.3 Å². The van der Waals surface area contributed by atoms with E-state index >= 15 is 0 Å². The average Bonchev–Trinajstić information content (AvgIpc) is 2.84. The number of hydrogen-bond acceptors (Lipinski definition) is 4. The molecule has 1 aromatic carbocycles. The fourth-order valence-electron chi connectivity index (χ4n) is 1.84. The molecular weight excluding hydrogens is 306 g/mol. The molecule has 0 spiro atoms. The third kappa shape index (κ3) is 5.12. The van der Waals surface area contributed by atoms with Gasteiger partial charge in [0.15, 0.2) is 0 Å². The smallest absolute Gasteiger partial charge is 0.226 e. The summed E-state index contributed by atoms with van der Waals surface area (Å²) in [6.07, 6.45) is 0.300. The first-order valence-electron chi connectivity index (χ1n) is 6.62. The molecule has 1 amide bonds. The molecule has 6 heteroatoms. The number of thiazole rings is 1. The maximum absolute atomic E-state index is 11.9. The van der Waals surface area contributed by atoms with Crippen LogP contribution in [0.2, 0.25) is 5.02 Å². The van der Waals surface area contributed by atoms with E-state index in [4.69, 9.17) is 11.6 Å². The van der Waals surface area contributed by atoms with Crippen LogP contribution in [0.25, 0.3) is 0 Å². The van der Waals surface area contributed by atoms with E-state index in [1.807, 2.05) is 43.7 Å². The van der Waals surface area contributed by atoms with Gasteiger partial charge in [0.2, 0.25) is 5.91 Å². The van der Waals surface area contributed by atoms with Gasteiger partial charge in [0.05, 0.1) is 12.1 Å². The number of benzene rings is 1. The van der Waals surface area contributed by atoms with E-state index in [0.717, 1.165) is 22.8 Å². The van der Waals surface area contributed by atoms with Crippen LogP contribution in [0.15, 0.2) is 29.6 Å². The SMILES string of the molecule is CN(C)Cc1nc(CC(=O)NCc2ccccc2Cl)cs1. The largest absolute Gasteiger partial charge is 0.352 e. The monoisotopic (exact) mass is 323 g/mol. The fourth-order valence-corrected chi connectivity index (χ4v) is 2.95. The predicted molar refractivity (Wildman–Crippen MR) is 86.5 cm³/mol. The summed E-state index contributed by atoms with van der Waals surface area (Å²) in [5.41, 5.74) is 1.73. The summed E-state index contributed by atoms with van der Waals surface area (Å²) in [7, 11) is 3.99. The molecule has 0 saturated heterocycles. The highest BCUT2D eigenvalue weighted by Crippen LogP contribution is 2.15. The number of nitrogens with zero attached hydrogens (tertiary/aromatic N) is 2. The van der Waals surface area contributed by atoms with Crippen molar-refractivity contribution in [3.63, 3.8) is 0 Å². The van der Waals surface area contributed by atoms with E-state index < -0.39 is 0 Å². The maximum atomic E-state index is 11.9. The Bertz CT molecular complexity index is 612. The summed E-state index contributed by atoms with van der Waals surface area (Å²) in [6, 6.07) is 7.49. The molecule has 0 aliphatic heterocycles. The third-order valence-corrected chi connectivity index (χ3v) is 4.08. The minimum absolute atomic E-state index is 0.0448. The molecule has 21 heavy (non-hydrogen) atoms. The lowest BCUT2D eigenvalue weighted by Gasteiger charge is -2.06. The Morgan fingerprint density at radius 2 is 2.14 bits per heavy atom. The van der Waals surface area contributed by atoms with E-state index in [9.17, 15) is 4.79 Å². The molecule has 0 saturated carbocycles. The van der Waals surface area contributed by atoms with Gasteiger partial charge in [-0.05, 0) is 25.7 Å². The number of carbonyl (C=O) groups excluding carboxylic acids is 1. The van der Waals surface area contributed by atoms with Crippen LogP contribution >= 0.6 is 22.9 Å². The minimum Gasteiger partial charge on any atom is -0.352 e. The third-order valence-electron chi connectivity index (χ3n) is 2.83. The van der Waals surface area contributed by atoms with Gasteiger partial charge in [0.25, 0.3) is 0 Å². The molecule has 0 unspecified atom stereocenters. The molecule has 1 heterocycles. The zero-order valence-electron chi connectivity index (χ0n) is 12.1. The lowest BCUT2D eigenvalue weighted by atomic mass is 10.2. The van der Waals surface area contributed by atoms with Gasteiger partial charge in [-0.1, -0.05) is 29.8 Å². The average molecular weight is 324 g/mol. The molecule has 112 valence electrons. The Kier molecular flexibility index (Phi) is 5.73. The molecule has 0 bridgehead atoms. The van der Waals surface area contributed by atoms with Gasteiger partial charge in [-0.25, -0.2) is 4.98 Å². The summed E-state index contributed by atoms with van der Waals surface area (Å²) in [5, 5.41) is 6.50. The second-order valence-electron chi connectivity index (χ2n) is 5.02.